The maximum Gasteiger partial charge on any atom is 0.0184 e. The molecular formula is C21H37N. The SMILES string of the molecule is C=C(C)NCCC(/C=C\C)=C/C.CC.C\C=C/C=C\C=C/C. The van der Waals surface area contributed by atoms with E-state index in [1.54, 1.807) is 0 Å². The highest BCUT2D eigenvalue weighted by atomic mass is 14.9. The van der Waals surface area contributed by atoms with Crippen LogP contribution >= 0.6 is 0 Å². The standard InChI is InChI=1S/C11H19N.C8H12.C2H6/c1-5-7-11(6-2)8-9-12-10(3)4;1-3-5-7-8-6-4-2;1-2/h5-7,12H,3,8-9H2,1-2,4H3;3-8H,1-2H3;1-2H3/b7-5-,11-6+;5-3-,6-4-,8-7-;. The Bertz CT molecular complexity index is 351. The Morgan fingerprint density at radius 2 is 1.36 bits per heavy atom. The smallest absolute Gasteiger partial charge is 0.0184 e. The third-order valence-corrected chi connectivity index (χ3v) is 2.31. The molecule has 22 heavy (non-hydrogen) atoms. The number of nitrogens with one attached hydrogen (secondary N) is 1. The molecular weight excluding hydrogens is 266 g/mol. The summed E-state index contributed by atoms with van der Waals surface area (Å²) in [5, 5.41) is 3.20. The molecule has 0 saturated carbocycles. The highest BCUT2D eigenvalue weighted by molar-refractivity contribution is 5.17. The summed E-state index contributed by atoms with van der Waals surface area (Å²) in [6, 6.07) is 0. The van der Waals surface area contributed by atoms with Crippen LogP contribution in [0.3, 0.4) is 0 Å². The van der Waals surface area contributed by atoms with E-state index in [1.807, 2.05) is 78.0 Å². The normalized spacial score (nSPS) is 11.5. The van der Waals surface area contributed by atoms with Crippen molar-refractivity contribution < 1.29 is 0 Å². The highest BCUT2D eigenvalue weighted by Gasteiger charge is 1.90. The van der Waals surface area contributed by atoms with Crippen molar-refractivity contribution in [2.45, 2.75) is 54.9 Å². The van der Waals surface area contributed by atoms with Crippen molar-refractivity contribution in [1.82, 2.24) is 5.32 Å². The molecule has 0 amide bonds. The van der Waals surface area contributed by atoms with Crippen molar-refractivity contribution in [2.24, 2.45) is 0 Å². The van der Waals surface area contributed by atoms with E-state index in [1.165, 1.54) is 5.57 Å². The van der Waals surface area contributed by atoms with Crippen LogP contribution < -0.4 is 5.32 Å². The van der Waals surface area contributed by atoms with Gasteiger partial charge in [0.05, 0.1) is 0 Å². The van der Waals surface area contributed by atoms with Crippen LogP contribution in [0.5, 0.6) is 0 Å². The molecule has 0 aliphatic heterocycles. The first-order valence-electron chi connectivity index (χ1n) is 8.20. The lowest BCUT2D eigenvalue weighted by molar-refractivity contribution is 0.792. The van der Waals surface area contributed by atoms with Gasteiger partial charge < -0.3 is 5.32 Å². The van der Waals surface area contributed by atoms with Crippen LogP contribution in [0.4, 0.5) is 0 Å². The van der Waals surface area contributed by atoms with Gasteiger partial charge in [-0.15, -0.1) is 0 Å². The largest absolute Gasteiger partial charge is 0.389 e. The Labute approximate surface area is 139 Å². The summed E-state index contributed by atoms with van der Waals surface area (Å²) in [6.45, 7) is 18.8. The lowest BCUT2D eigenvalue weighted by Crippen LogP contribution is -2.11. The van der Waals surface area contributed by atoms with E-state index in [-0.39, 0.29) is 0 Å². The van der Waals surface area contributed by atoms with Crippen LogP contribution in [0.15, 0.2) is 72.5 Å². The average Bonchev–Trinajstić information content (AvgIpc) is 2.53. The molecule has 0 radical (unpaired) electrons. The lowest BCUT2D eigenvalue weighted by Gasteiger charge is -2.04. The Hall–Kier alpha value is -1.76. The van der Waals surface area contributed by atoms with Crippen LogP contribution in [-0.2, 0) is 0 Å². The zero-order valence-corrected chi connectivity index (χ0v) is 15.8. The number of allylic oxidation sites excluding steroid dienone is 10. The maximum absolute atomic E-state index is 3.78. The van der Waals surface area contributed by atoms with Gasteiger partial charge in [-0.1, -0.05) is 80.7 Å². The molecule has 0 spiro atoms. The summed E-state index contributed by atoms with van der Waals surface area (Å²) < 4.78 is 0. The molecule has 1 heteroatoms. The lowest BCUT2D eigenvalue weighted by atomic mass is 10.1. The van der Waals surface area contributed by atoms with Gasteiger partial charge in [0, 0.05) is 12.2 Å². The second kappa shape index (κ2) is 24.3. The Morgan fingerprint density at radius 1 is 0.864 bits per heavy atom. The highest BCUT2D eigenvalue weighted by Crippen LogP contribution is 2.01. The van der Waals surface area contributed by atoms with Crippen LogP contribution in [0.25, 0.3) is 0 Å². The predicted molar refractivity (Wildman–Crippen MR) is 106 cm³/mol. The minimum Gasteiger partial charge on any atom is -0.389 e. The predicted octanol–water partition coefficient (Wildman–Crippen LogP) is 6.74. The monoisotopic (exact) mass is 303 g/mol. The Kier molecular flexibility index (Phi) is 27.8. The minimum atomic E-state index is 0.972. The van der Waals surface area contributed by atoms with Gasteiger partial charge in [-0.3, -0.25) is 0 Å². The van der Waals surface area contributed by atoms with E-state index in [9.17, 15) is 0 Å². The first-order chi connectivity index (χ1) is 10.6. The summed E-state index contributed by atoms with van der Waals surface area (Å²) in [4.78, 5) is 0. The molecule has 1 N–H and O–H groups in total. The fourth-order valence-corrected chi connectivity index (χ4v) is 1.31. The van der Waals surface area contributed by atoms with Crippen molar-refractivity contribution in [2.75, 3.05) is 6.54 Å². The second-order valence-corrected chi connectivity index (χ2v) is 4.26. The fraction of sp³-hybridized carbons (Fsp3) is 0.429. The molecule has 0 atom stereocenters. The van der Waals surface area contributed by atoms with Gasteiger partial charge in [0.1, 0.15) is 0 Å². The maximum atomic E-state index is 3.78. The minimum absolute atomic E-state index is 0.972. The van der Waals surface area contributed by atoms with Gasteiger partial charge in [-0.05, 0) is 41.0 Å². The van der Waals surface area contributed by atoms with Gasteiger partial charge in [-0.25, -0.2) is 0 Å². The molecule has 0 unspecified atom stereocenters. The average molecular weight is 304 g/mol. The fourth-order valence-electron chi connectivity index (χ4n) is 1.31. The van der Waals surface area contributed by atoms with Crippen molar-refractivity contribution >= 4 is 0 Å². The van der Waals surface area contributed by atoms with Crippen molar-refractivity contribution in [3.63, 3.8) is 0 Å². The summed E-state index contributed by atoms with van der Waals surface area (Å²) in [6.07, 6.45) is 19.4. The van der Waals surface area contributed by atoms with Crippen LogP contribution in [0.2, 0.25) is 0 Å². The molecule has 0 aliphatic carbocycles. The van der Waals surface area contributed by atoms with Crippen molar-refractivity contribution in [1.29, 1.82) is 0 Å². The Balaban J connectivity index is -0.000000313. The first kappa shape index (κ1) is 25.2. The first-order valence-corrected chi connectivity index (χ1v) is 8.20. The molecule has 126 valence electrons. The number of rotatable bonds is 7. The third kappa shape index (κ3) is 26.7. The van der Waals surface area contributed by atoms with Gasteiger partial charge in [0.2, 0.25) is 0 Å². The molecule has 0 fully saturated rings. The van der Waals surface area contributed by atoms with E-state index in [2.05, 4.69) is 37.0 Å². The summed E-state index contributed by atoms with van der Waals surface area (Å²) in [5.41, 5.74) is 2.40. The van der Waals surface area contributed by atoms with E-state index < -0.39 is 0 Å². The number of hydrogen-bond donors (Lipinski definition) is 1. The topological polar surface area (TPSA) is 12.0 Å². The van der Waals surface area contributed by atoms with Gasteiger partial charge >= 0.3 is 0 Å². The molecule has 0 saturated heterocycles. The summed E-state index contributed by atoms with van der Waals surface area (Å²) >= 11 is 0. The Morgan fingerprint density at radius 3 is 1.68 bits per heavy atom. The van der Waals surface area contributed by atoms with E-state index in [0.717, 1.165) is 18.7 Å². The molecule has 0 heterocycles. The summed E-state index contributed by atoms with van der Waals surface area (Å²) in [5.74, 6) is 0. The number of hydrogen-bond acceptors (Lipinski definition) is 1. The van der Waals surface area contributed by atoms with Crippen molar-refractivity contribution in [3.8, 4) is 0 Å². The quantitative estimate of drug-likeness (QED) is 0.513. The summed E-state index contributed by atoms with van der Waals surface area (Å²) in [7, 11) is 0. The molecule has 0 aromatic rings. The van der Waals surface area contributed by atoms with Gasteiger partial charge in [-0.2, -0.15) is 0 Å². The molecule has 0 aromatic carbocycles. The molecule has 0 bridgehead atoms. The molecule has 0 aromatic heterocycles. The zero-order chi connectivity index (χ0) is 17.6. The van der Waals surface area contributed by atoms with Crippen LogP contribution in [0.1, 0.15) is 54.9 Å². The molecule has 1 nitrogen and oxygen atoms in total. The second-order valence-electron chi connectivity index (χ2n) is 4.26. The zero-order valence-electron chi connectivity index (χ0n) is 15.8. The van der Waals surface area contributed by atoms with Crippen molar-refractivity contribution in [3.05, 3.63) is 72.5 Å². The van der Waals surface area contributed by atoms with Crippen LogP contribution in [0, 0.1) is 0 Å². The van der Waals surface area contributed by atoms with E-state index in [0.29, 0.717) is 0 Å². The molecule has 0 rings (SSSR count). The van der Waals surface area contributed by atoms with E-state index in [4.69, 9.17) is 0 Å². The van der Waals surface area contributed by atoms with E-state index >= 15 is 0 Å². The van der Waals surface area contributed by atoms with Gasteiger partial charge in [0.25, 0.3) is 0 Å². The molecule has 0 aliphatic rings. The van der Waals surface area contributed by atoms with Gasteiger partial charge in [0.15, 0.2) is 0 Å². The van der Waals surface area contributed by atoms with Crippen LogP contribution in [-0.4, -0.2) is 6.54 Å². The third-order valence-electron chi connectivity index (χ3n) is 2.31.